The maximum Gasteiger partial charge on any atom is 0.0756 e. The van der Waals surface area contributed by atoms with Crippen molar-refractivity contribution in [3.05, 3.63) is 12.2 Å². The molecule has 0 aromatic heterocycles. The van der Waals surface area contributed by atoms with Crippen LogP contribution in [0.4, 0.5) is 0 Å². The van der Waals surface area contributed by atoms with Crippen LogP contribution in [0.1, 0.15) is 39.5 Å². The van der Waals surface area contributed by atoms with Crippen molar-refractivity contribution >= 4 is 0 Å². The smallest absolute Gasteiger partial charge is 0.0756 e. The van der Waals surface area contributed by atoms with E-state index in [1.54, 1.807) is 0 Å². The van der Waals surface area contributed by atoms with E-state index in [2.05, 4.69) is 26.0 Å². The molecule has 0 N–H and O–H groups in total. The van der Waals surface area contributed by atoms with Gasteiger partial charge in [-0.1, -0.05) is 45.3 Å². The summed E-state index contributed by atoms with van der Waals surface area (Å²) in [5.41, 5.74) is 0. The van der Waals surface area contributed by atoms with E-state index in [-0.39, 0.29) is 0 Å². The van der Waals surface area contributed by atoms with Gasteiger partial charge in [0.1, 0.15) is 0 Å². The Kier molecular flexibility index (Phi) is 4.37. The van der Waals surface area contributed by atoms with Crippen molar-refractivity contribution in [2.45, 2.75) is 45.6 Å². The van der Waals surface area contributed by atoms with Gasteiger partial charge in [-0.15, -0.1) is 0 Å². The van der Waals surface area contributed by atoms with E-state index in [0.717, 1.165) is 6.61 Å². The lowest BCUT2D eigenvalue weighted by Crippen LogP contribution is -2.19. The van der Waals surface area contributed by atoms with Crippen molar-refractivity contribution in [3.8, 4) is 0 Å². The van der Waals surface area contributed by atoms with Gasteiger partial charge in [0, 0.05) is 0 Å². The molecule has 1 aliphatic rings. The van der Waals surface area contributed by atoms with E-state index in [0.29, 0.717) is 12.0 Å². The molecule has 0 saturated carbocycles. The fourth-order valence-corrected chi connectivity index (χ4v) is 1.48. The largest absolute Gasteiger partial charge is 0.374 e. The molecule has 0 aromatic rings. The van der Waals surface area contributed by atoms with Gasteiger partial charge in [0.25, 0.3) is 0 Å². The minimum absolute atomic E-state index is 0.410. The highest BCUT2D eigenvalue weighted by molar-refractivity contribution is 4.96. The van der Waals surface area contributed by atoms with Crippen LogP contribution in [0.5, 0.6) is 0 Å². The summed E-state index contributed by atoms with van der Waals surface area (Å²) in [5, 5.41) is 0. The SMILES string of the molecule is CCCCCC1C=CC(C)CO1. The minimum atomic E-state index is 0.410. The Hall–Kier alpha value is -0.300. The minimum Gasteiger partial charge on any atom is -0.374 e. The lowest BCUT2D eigenvalue weighted by molar-refractivity contribution is 0.0530. The third-order valence-corrected chi connectivity index (χ3v) is 2.32. The van der Waals surface area contributed by atoms with Crippen molar-refractivity contribution in [2.75, 3.05) is 6.61 Å². The molecule has 1 aliphatic heterocycles. The maximum atomic E-state index is 5.65. The average Bonchev–Trinajstić information content (AvgIpc) is 2.09. The normalized spacial score (nSPS) is 29.2. The zero-order chi connectivity index (χ0) is 8.81. The van der Waals surface area contributed by atoms with Crippen LogP contribution >= 0.6 is 0 Å². The van der Waals surface area contributed by atoms with E-state index in [1.165, 1.54) is 25.7 Å². The topological polar surface area (TPSA) is 9.23 Å². The number of rotatable bonds is 4. The number of hydrogen-bond acceptors (Lipinski definition) is 1. The first kappa shape index (κ1) is 9.79. The predicted octanol–water partition coefficient (Wildman–Crippen LogP) is 3.16. The first-order valence-electron chi connectivity index (χ1n) is 5.13. The van der Waals surface area contributed by atoms with E-state index in [9.17, 15) is 0 Å². The molecule has 0 bridgehead atoms. The van der Waals surface area contributed by atoms with Gasteiger partial charge in [-0.05, 0) is 12.3 Å². The van der Waals surface area contributed by atoms with Crippen molar-refractivity contribution in [1.29, 1.82) is 0 Å². The highest BCUT2D eigenvalue weighted by Gasteiger charge is 2.11. The summed E-state index contributed by atoms with van der Waals surface area (Å²) in [5.74, 6) is 0.618. The second kappa shape index (κ2) is 5.36. The molecule has 2 atom stereocenters. The fraction of sp³-hybridized carbons (Fsp3) is 0.818. The molecule has 2 unspecified atom stereocenters. The van der Waals surface area contributed by atoms with Crippen LogP contribution in [0, 0.1) is 5.92 Å². The Morgan fingerprint density at radius 3 is 2.75 bits per heavy atom. The second-order valence-electron chi connectivity index (χ2n) is 3.73. The highest BCUT2D eigenvalue weighted by atomic mass is 16.5. The van der Waals surface area contributed by atoms with Gasteiger partial charge >= 0.3 is 0 Å². The fourth-order valence-electron chi connectivity index (χ4n) is 1.48. The first-order valence-corrected chi connectivity index (χ1v) is 5.13. The molecule has 1 rings (SSSR count). The molecular weight excluding hydrogens is 148 g/mol. The van der Waals surface area contributed by atoms with Gasteiger partial charge < -0.3 is 4.74 Å². The predicted molar refractivity (Wildman–Crippen MR) is 52.2 cm³/mol. The van der Waals surface area contributed by atoms with Gasteiger partial charge in [0.05, 0.1) is 12.7 Å². The Morgan fingerprint density at radius 2 is 2.17 bits per heavy atom. The Bertz CT molecular complexity index is 140. The molecule has 0 aromatic carbocycles. The van der Waals surface area contributed by atoms with Crippen molar-refractivity contribution < 1.29 is 4.74 Å². The first-order chi connectivity index (χ1) is 5.83. The molecule has 1 heteroatoms. The molecule has 0 spiro atoms. The quantitative estimate of drug-likeness (QED) is 0.463. The molecule has 0 fully saturated rings. The van der Waals surface area contributed by atoms with E-state index in [1.807, 2.05) is 0 Å². The zero-order valence-electron chi connectivity index (χ0n) is 8.25. The zero-order valence-corrected chi connectivity index (χ0v) is 8.25. The molecule has 0 aliphatic carbocycles. The molecule has 1 heterocycles. The monoisotopic (exact) mass is 168 g/mol. The van der Waals surface area contributed by atoms with Crippen LogP contribution in [0.15, 0.2) is 12.2 Å². The van der Waals surface area contributed by atoms with Gasteiger partial charge in [-0.3, -0.25) is 0 Å². The number of hydrogen-bond donors (Lipinski definition) is 0. The maximum absolute atomic E-state index is 5.65. The molecule has 12 heavy (non-hydrogen) atoms. The van der Waals surface area contributed by atoms with Gasteiger partial charge in [-0.2, -0.15) is 0 Å². The molecule has 0 radical (unpaired) electrons. The van der Waals surface area contributed by atoms with Crippen LogP contribution < -0.4 is 0 Å². The van der Waals surface area contributed by atoms with E-state index >= 15 is 0 Å². The molecule has 0 amide bonds. The van der Waals surface area contributed by atoms with Gasteiger partial charge in [0.15, 0.2) is 0 Å². The van der Waals surface area contributed by atoms with Crippen LogP contribution in [0.3, 0.4) is 0 Å². The lowest BCUT2D eigenvalue weighted by Gasteiger charge is -2.21. The Morgan fingerprint density at radius 1 is 1.33 bits per heavy atom. The summed E-state index contributed by atoms with van der Waals surface area (Å²) in [6.07, 6.45) is 10.1. The lowest BCUT2D eigenvalue weighted by atomic mass is 10.0. The molecular formula is C11H20O. The van der Waals surface area contributed by atoms with E-state index in [4.69, 9.17) is 4.74 Å². The average molecular weight is 168 g/mol. The number of unbranched alkanes of at least 4 members (excludes halogenated alkanes) is 2. The summed E-state index contributed by atoms with van der Waals surface area (Å²) < 4.78 is 5.65. The third-order valence-electron chi connectivity index (χ3n) is 2.32. The van der Waals surface area contributed by atoms with Crippen molar-refractivity contribution in [1.82, 2.24) is 0 Å². The standard InChI is InChI=1S/C11H20O/c1-3-4-5-6-11-8-7-10(2)9-12-11/h7-8,10-11H,3-6,9H2,1-2H3. The number of ether oxygens (including phenoxy) is 1. The summed E-state index contributed by atoms with van der Waals surface area (Å²) in [7, 11) is 0. The summed E-state index contributed by atoms with van der Waals surface area (Å²) in [4.78, 5) is 0. The summed E-state index contributed by atoms with van der Waals surface area (Å²) in [6.45, 7) is 5.34. The summed E-state index contributed by atoms with van der Waals surface area (Å²) in [6, 6.07) is 0. The van der Waals surface area contributed by atoms with Crippen molar-refractivity contribution in [3.63, 3.8) is 0 Å². The molecule has 1 nitrogen and oxygen atoms in total. The van der Waals surface area contributed by atoms with Crippen LogP contribution in [0.25, 0.3) is 0 Å². The van der Waals surface area contributed by atoms with Crippen LogP contribution in [-0.4, -0.2) is 12.7 Å². The van der Waals surface area contributed by atoms with Crippen molar-refractivity contribution in [2.24, 2.45) is 5.92 Å². The highest BCUT2D eigenvalue weighted by Crippen LogP contribution is 2.15. The second-order valence-corrected chi connectivity index (χ2v) is 3.73. The van der Waals surface area contributed by atoms with Crippen LogP contribution in [-0.2, 0) is 4.74 Å². The Balaban J connectivity index is 2.13. The van der Waals surface area contributed by atoms with Crippen LogP contribution in [0.2, 0.25) is 0 Å². The molecule has 0 saturated heterocycles. The summed E-state index contributed by atoms with van der Waals surface area (Å²) >= 11 is 0. The Labute approximate surface area is 75.8 Å². The van der Waals surface area contributed by atoms with E-state index < -0.39 is 0 Å². The molecule has 70 valence electrons. The van der Waals surface area contributed by atoms with Gasteiger partial charge in [0.2, 0.25) is 0 Å². The van der Waals surface area contributed by atoms with Gasteiger partial charge in [-0.25, -0.2) is 0 Å². The third kappa shape index (κ3) is 3.40.